The molecule has 2 aliphatic rings. The van der Waals surface area contributed by atoms with Crippen LogP contribution in [0.3, 0.4) is 0 Å². The number of allylic oxidation sites excluding steroid dienone is 1. The molecule has 0 aromatic carbocycles. The molecule has 0 aromatic rings. The average Bonchev–Trinajstić information content (AvgIpc) is 2.62. The van der Waals surface area contributed by atoms with E-state index in [4.69, 9.17) is 4.99 Å². The van der Waals surface area contributed by atoms with Gasteiger partial charge in [-0.2, -0.15) is 0 Å². The fourth-order valence-electron chi connectivity index (χ4n) is 3.18. The number of aliphatic imine (C=N–C) groups is 1. The Morgan fingerprint density at radius 2 is 2.06 bits per heavy atom. The highest BCUT2D eigenvalue weighted by atomic mass is 15.2. The smallest absolute Gasteiger partial charge is 0.103 e. The second kappa shape index (κ2) is 3.90. The van der Waals surface area contributed by atoms with Crippen LogP contribution >= 0.6 is 0 Å². The molecule has 1 fully saturated rings. The second-order valence-corrected chi connectivity index (χ2v) is 5.94. The summed E-state index contributed by atoms with van der Waals surface area (Å²) in [5.41, 5.74) is 3.38. The van der Waals surface area contributed by atoms with Crippen LogP contribution in [0.1, 0.15) is 53.9 Å². The van der Waals surface area contributed by atoms with Gasteiger partial charge in [-0.25, -0.2) is 0 Å². The van der Waals surface area contributed by atoms with Crippen molar-refractivity contribution < 1.29 is 0 Å². The summed E-state index contributed by atoms with van der Waals surface area (Å²) in [7, 11) is 0. The number of rotatable bonds is 1. The molecule has 0 aromatic heterocycles. The van der Waals surface area contributed by atoms with Gasteiger partial charge in [-0.05, 0) is 30.8 Å². The van der Waals surface area contributed by atoms with Crippen LogP contribution in [0.25, 0.3) is 0 Å². The molecular formula is C14H24N2. The van der Waals surface area contributed by atoms with Gasteiger partial charge in [0.25, 0.3) is 0 Å². The van der Waals surface area contributed by atoms with Gasteiger partial charge in [0.15, 0.2) is 0 Å². The van der Waals surface area contributed by atoms with Crippen molar-refractivity contribution in [3.8, 4) is 0 Å². The molecular weight excluding hydrogens is 196 g/mol. The minimum absolute atomic E-state index is 0.250. The van der Waals surface area contributed by atoms with Crippen molar-refractivity contribution in [2.75, 3.05) is 6.54 Å². The van der Waals surface area contributed by atoms with Crippen molar-refractivity contribution in [1.29, 1.82) is 0 Å². The van der Waals surface area contributed by atoms with Gasteiger partial charge in [0.2, 0.25) is 0 Å². The highest BCUT2D eigenvalue weighted by Crippen LogP contribution is 2.40. The molecule has 0 radical (unpaired) electrons. The van der Waals surface area contributed by atoms with Crippen molar-refractivity contribution in [1.82, 2.24) is 4.90 Å². The molecule has 0 unspecified atom stereocenters. The van der Waals surface area contributed by atoms with E-state index >= 15 is 0 Å². The summed E-state index contributed by atoms with van der Waals surface area (Å²) in [5.74, 6) is 1.30. The molecule has 0 saturated carbocycles. The molecule has 16 heavy (non-hydrogen) atoms. The lowest BCUT2D eigenvalue weighted by Gasteiger charge is -2.37. The molecule has 2 nitrogen and oxygen atoms in total. The maximum Gasteiger partial charge on any atom is 0.103 e. The van der Waals surface area contributed by atoms with Gasteiger partial charge in [-0.15, -0.1) is 0 Å². The molecule has 1 saturated heterocycles. The van der Waals surface area contributed by atoms with Gasteiger partial charge in [0, 0.05) is 18.7 Å². The van der Waals surface area contributed by atoms with Crippen molar-refractivity contribution in [3.05, 3.63) is 11.3 Å². The van der Waals surface area contributed by atoms with E-state index in [1.54, 1.807) is 11.3 Å². The third-order valence-corrected chi connectivity index (χ3v) is 3.63. The summed E-state index contributed by atoms with van der Waals surface area (Å²) in [6.07, 6.45) is 3.60. The Kier molecular flexibility index (Phi) is 2.85. The van der Waals surface area contributed by atoms with Gasteiger partial charge in [-0.3, -0.25) is 4.99 Å². The number of nitrogens with zero attached hydrogens (tertiary/aromatic N) is 2. The summed E-state index contributed by atoms with van der Waals surface area (Å²) in [4.78, 5) is 7.35. The maximum atomic E-state index is 4.88. The van der Waals surface area contributed by atoms with E-state index < -0.39 is 0 Å². The van der Waals surface area contributed by atoms with Crippen molar-refractivity contribution in [2.45, 2.75) is 59.9 Å². The monoisotopic (exact) mass is 220 g/mol. The fraction of sp³-hybridized carbons (Fsp3) is 0.786. The van der Waals surface area contributed by atoms with Crippen LogP contribution in [0, 0.1) is 5.41 Å². The number of amidine groups is 1. The van der Waals surface area contributed by atoms with E-state index in [0.29, 0.717) is 6.04 Å². The third-order valence-electron chi connectivity index (χ3n) is 3.63. The Morgan fingerprint density at radius 1 is 1.38 bits per heavy atom. The Hall–Kier alpha value is -0.790. The zero-order valence-electron chi connectivity index (χ0n) is 11.3. The molecule has 0 amide bonds. The predicted octanol–water partition coefficient (Wildman–Crippen LogP) is 3.59. The van der Waals surface area contributed by atoms with Crippen molar-refractivity contribution >= 4 is 5.84 Å². The number of hydrogen-bond acceptors (Lipinski definition) is 2. The zero-order valence-corrected chi connectivity index (χ0v) is 11.3. The van der Waals surface area contributed by atoms with Crippen LogP contribution in [0.4, 0.5) is 0 Å². The molecule has 0 aliphatic carbocycles. The van der Waals surface area contributed by atoms with Gasteiger partial charge >= 0.3 is 0 Å². The molecule has 0 spiro atoms. The molecule has 2 aliphatic heterocycles. The van der Waals surface area contributed by atoms with Crippen LogP contribution in [0.2, 0.25) is 0 Å². The van der Waals surface area contributed by atoms with E-state index in [2.05, 4.69) is 39.5 Å². The van der Waals surface area contributed by atoms with Crippen LogP contribution in [-0.4, -0.2) is 23.3 Å². The molecule has 2 heterocycles. The topological polar surface area (TPSA) is 15.6 Å². The zero-order chi connectivity index (χ0) is 11.9. The van der Waals surface area contributed by atoms with Gasteiger partial charge in [-0.1, -0.05) is 27.7 Å². The summed E-state index contributed by atoms with van der Waals surface area (Å²) >= 11 is 0. The lowest BCUT2D eigenvalue weighted by atomic mass is 9.80. The first kappa shape index (κ1) is 11.7. The van der Waals surface area contributed by atoms with E-state index in [1.165, 1.54) is 25.2 Å². The third kappa shape index (κ3) is 1.79. The number of fused-ring (bicyclic) bond motifs is 1. The maximum absolute atomic E-state index is 4.88. The minimum atomic E-state index is 0.250. The Labute approximate surface area is 99.4 Å². The SMILES string of the molecule is CCC1=N[C@@H](C)C(C(C)(C)C)=C2CCCN12. The highest BCUT2D eigenvalue weighted by Gasteiger charge is 2.35. The molecule has 0 N–H and O–H groups in total. The molecule has 1 atom stereocenters. The average molecular weight is 220 g/mol. The lowest BCUT2D eigenvalue weighted by Crippen LogP contribution is -2.36. The predicted molar refractivity (Wildman–Crippen MR) is 69.6 cm³/mol. The lowest BCUT2D eigenvalue weighted by molar-refractivity contribution is 0.423. The van der Waals surface area contributed by atoms with Crippen molar-refractivity contribution in [2.24, 2.45) is 10.4 Å². The largest absolute Gasteiger partial charge is 0.334 e. The standard InChI is InChI=1S/C14H24N2/c1-6-12-15-10(2)13(14(3,4)5)11-8-7-9-16(11)12/h10H,6-9H2,1-5H3/t10-/m0/s1. The Bertz CT molecular complexity index is 344. The first-order chi connectivity index (χ1) is 7.45. The highest BCUT2D eigenvalue weighted by molar-refractivity contribution is 5.85. The Morgan fingerprint density at radius 3 is 2.62 bits per heavy atom. The van der Waals surface area contributed by atoms with E-state index in [0.717, 1.165) is 6.42 Å². The quantitative estimate of drug-likeness (QED) is 0.659. The summed E-state index contributed by atoms with van der Waals surface area (Å²) in [6, 6.07) is 0.374. The molecule has 0 bridgehead atoms. The first-order valence-corrected chi connectivity index (χ1v) is 6.53. The van der Waals surface area contributed by atoms with Gasteiger partial charge in [0.05, 0.1) is 6.04 Å². The van der Waals surface area contributed by atoms with E-state index in [-0.39, 0.29) is 5.41 Å². The molecule has 2 rings (SSSR count). The van der Waals surface area contributed by atoms with E-state index in [1.807, 2.05) is 0 Å². The van der Waals surface area contributed by atoms with Crippen LogP contribution < -0.4 is 0 Å². The first-order valence-electron chi connectivity index (χ1n) is 6.53. The normalized spacial score (nSPS) is 25.9. The Balaban J connectivity index is 2.44. The van der Waals surface area contributed by atoms with Gasteiger partial charge in [0.1, 0.15) is 5.84 Å². The fourth-order valence-corrected chi connectivity index (χ4v) is 3.18. The number of hydrogen-bond donors (Lipinski definition) is 0. The minimum Gasteiger partial charge on any atom is -0.334 e. The van der Waals surface area contributed by atoms with Crippen LogP contribution in [-0.2, 0) is 0 Å². The summed E-state index contributed by atoms with van der Waals surface area (Å²) in [5, 5.41) is 0. The van der Waals surface area contributed by atoms with Crippen LogP contribution in [0.5, 0.6) is 0 Å². The summed E-state index contributed by atoms with van der Waals surface area (Å²) < 4.78 is 0. The van der Waals surface area contributed by atoms with E-state index in [9.17, 15) is 0 Å². The van der Waals surface area contributed by atoms with Gasteiger partial charge < -0.3 is 4.90 Å². The molecule has 2 heteroatoms. The van der Waals surface area contributed by atoms with Crippen LogP contribution in [0.15, 0.2) is 16.3 Å². The van der Waals surface area contributed by atoms with Crippen molar-refractivity contribution in [3.63, 3.8) is 0 Å². The summed E-state index contributed by atoms with van der Waals surface area (Å²) in [6.45, 7) is 12.6. The second-order valence-electron chi connectivity index (χ2n) is 5.94. The molecule has 90 valence electrons.